The number of unbranched alkanes of at least 4 members (excludes halogenated alkanes) is 8. The lowest BCUT2D eigenvalue weighted by Crippen LogP contribution is -2.50. The average Bonchev–Trinajstić information content (AvgIpc) is 4.20. The van der Waals surface area contributed by atoms with Crippen LogP contribution in [0.25, 0.3) is 0 Å². The Balaban J connectivity index is 1.42. The summed E-state index contributed by atoms with van der Waals surface area (Å²) in [5, 5.41) is 17.6. The Morgan fingerprint density at radius 1 is 0.529 bits per heavy atom. The second-order valence-corrected chi connectivity index (χ2v) is 19.1. The van der Waals surface area contributed by atoms with E-state index in [4.69, 9.17) is 39.1 Å². The summed E-state index contributed by atoms with van der Waals surface area (Å²) in [6.07, 6.45) is 17.4. The lowest BCUT2D eigenvalue weighted by Gasteiger charge is -2.22. The number of nitrogens with two attached hydrogens (primary N) is 6. The average molecular weight is 966 g/mol. The number of rotatable bonds is 45. The Morgan fingerprint density at radius 2 is 0.941 bits per heavy atom. The molecule has 0 bridgehead atoms. The van der Waals surface area contributed by atoms with E-state index in [0.29, 0.717) is 97.0 Å². The van der Waals surface area contributed by atoms with Crippen molar-refractivity contribution in [2.75, 3.05) is 85.7 Å². The summed E-state index contributed by atoms with van der Waals surface area (Å²) >= 11 is 0. The molecule has 0 heterocycles. The first-order chi connectivity index (χ1) is 32.8. The van der Waals surface area contributed by atoms with Crippen LogP contribution >= 0.6 is 0 Å². The van der Waals surface area contributed by atoms with Crippen molar-refractivity contribution < 1.29 is 33.5 Å². The molecule has 0 aromatic heterocycles. The molecule has 2 fully saturated rings. The zero-order valence-electron chi connectivity index (χ0n) is 41.8. The number of amides is 6. The van der Waals surface area contributed by atoms with Crippen molar-refractivity contribution in [3.05, 3.63) is 0 Å². The summed E-state index contributed by atoms with van der Waals surface area (Å²) in [5.74, 6) is -0.223. The van der Waals surface area contributed by atoms with Crippen LogP contribution in [-0.2, 0) is 33.5 Å². The molecule has 2 rings (SSSR count). The Morgan fingerprint density at radius 3 is 1.40 bits per heavy atom. The lowest BCUT2D eigenvalue weighted by molar-refractivity contribution is -0.125. The van der Waals surface area contributed by atoms with Crippen LogP contribution in [0.2, 0.25) is 0 Å². The Hall–Kier alpha value is -3.50. The molecule has 6 atom stereocenters. The highest BCUT2D eigenvalue weighted by atomic mass is 16.5. The summed E-state index contributed by atoms with van der Waals surface area (Å²) in [6.45, 7) is 7.23. The molecule has 2 unspecified atom stereocenters. The molecule has 0 aromatic rings. The smallest absolute Gasteiger partial charge is 0.240 e. The van der Waals surface area contributed by atoms with Crippen molar-refractivity contribution >= 4 is 35.4 Å². The molecule has 0 saturated heterocycles. The van der Waals surface area contributed by atoms with E-state index in [1.165, 1.54) is 0 Å². The first kappa shape index (κ1) is 60.6. The second-order valence-electron chi connectivity index (χ2n) is 19.1. The fourth-order valence-corrected chi connectivity index (χ4v) is 8.89. The number of carbonyl (C=O) groups is 6. The van der Waals surface area contributed by atoms with E-state index < -0.39 is 23.7 Å². The van der Waals surface area contributed by atoms with Crippen molar-refractivity contribution in [1.82, 2.24) is 36.8 Å². The molecular weight excluding hydrogens is 871 g/mol. The van der Waals surface area contributed by atoms with Gasteiger partial charge in [0.05, 0.1) is 24.7 Å². The Bertz CT molecular complexity index is 1460. The van der Waals surface area contributed by atoms with Gasteiger partial charge in [0.2, 0.25) is 35.4 Å². The first-order valence-corrected chi connectivity index (χ1v) is 26.1. The molecule has 0 aromatic carbocycles. The number of methoxy groups -OCH3 is 1. The van der Waals surface area contributed by atoms with E-state index in [1.807, 2.05) is 0 Å². The maximum absolute atomic E-state index is 12.7. The van der Waals surface area contributed by atoms with Gasteiger partial charge < -0.3 is 75.9 Å². The molecule has 20 heteroatoms. The minimum Gasteiger partial charge on any atom is -0.383 e. The van der Waals surface area contributed by atoms with Gasteiger partial charge in [0, 0.05) is 71.2 Å². The van der Waals surface area contributed by atoms with Gasteiger partial charge in [-0.15, -0.1) is 0 Å². The van der Waals surface area contributed by atoms with Gasteiger partial charge in [0.15, 0.2) is 0 Å². The standard InChI is InChI=1S/C48H95N13O7/c1-68-35-34-61(32-16-30-58-44(65)38(52)19-7-14-26-55-41(62)21-4-2-12-28-57-43(64)37(51)18-6-10-24-49)33-17-31-59-45(66)39(53)20-8-15-27-56-42(63)22-5-3-13-29-60-46(67)48(54)40-36-47(40,48)23-9-11-25-50/h37-40H,2-36,49-54H2,1H3,(H,55,62)(H,56,63)(H,57,64)(H,58,65)(H,59,66)(H,60,67)/t37-,38-,39-,40?,47?,48-/m0/s1. The molecule has 20 nitrogen and oxygen atoms in total. The number of fused-ring (bicyclic) bond motifs is 1. The Labute approximate surface area is 407 Å². The monoisotopic (exact) mass is 966 g/mol. The van der Waals surface area contributed by atoms with E-state index in [9.17, 15) is 28.8 Å². The van der Waals surface area contributed by atoms with Gasteiger partial charge in [-0.3, -0.25) is 28.8 Å². The van der Waals surface area contributed by atoms with Crippen LogP contribution in [0.1, 0.15) is 148 Å². The van der Waals surface area contributed by atoms with Gasteiger partial charge in [0.1, 0.15) is 5.54 Å². The van der Waals surface area contributed by atoms with Crippen LogP contribution in [0.5, 0.6) is 0 Å². The minimum absolute atomic E-state index is 0.00299. The molecule has 0 radical (unpaired) electrons. The third-order valence-corrected chi connectivity index (χ3v) is 13.6. The van der Waals surface area contributed by atoms with Crippen molar-refractivity contribution in [1.29, 1.82) is 0 Å². The summed E-state index contributed by atoms with van der Waals surface area (Å²) in [7, 11) is 1.66. The second kappa shape index (κ2) is 35.6. The predicted molar refractivity (Wildman–Crippen MR) is 267 cm³/mol. The fourth-order valence-electron chi connectivity index (χ4n) is 8.89. The van der Waals surface area contributed by atoms with E-state index in [1.54, 1.807) is 7.11 Å². The molecule has 2 aliphatic rings. The topological polar surface area (TPSA) is 343 Å². The van der Waals surface area contributed by atoms with Crippen LogP contribution in [0.15, 0.2) is 0 Å². The van der Waals surface area contributed by atoms with Gasteiger partial charge in [-0.05, 0) is 141 Å². The van der Waals surface area contributed by atoms with E-state index >= 15 is 0 Å². The molecule has 6 amide bonds. The quantitative estimate of drug-likeness (QED) is 0.0353. The highest BCUT2D eigenvalue weighted by Crippen LogP contribution is 2.83. The summed E-state index contributed by atoms with van der Waals surface area (Å²) in [4.78, 5) is 76.6. The van der Waals surface area contributed by atoms with Gasteiger partial charge in [0.25, 0.3) is 0 Å². The van der Waals surface area contributed by atoms with Gasteiger partial charge >= 0.3 is 0 Å². The van der Waals surface area contributed by atoms with Crippen LogP contribution in [0.4, 0.5) is 0 Å². The SMILES string of the molecule is COCCN(CCCNC(=O)[C@@H](N)CCCCNC(=O)CCCCCNC(=O)[C@@H](N)CCCCN)CCCNC(=O)[C@@H](N)CCCCNC(=O)CCCCCNC(=O)[C@@]1(N)C2CC21CCCCN. The third-order valence-electron chi connectivity index (χ3n) is 13.6. The molecule has 2 aliphatic carbocycles. The van der Waals surface area contributed by atoms with E-state index in [2.05, 4.69) is 36.8 Å². The molecule has 2 saturated carbocycles. The fraction of sp³-hybridized carbons (Fsp3) is 0.875. The predicted octanol–water partition coefficient (Wildman–Crippen LogP) is -0.169. The molecular formula is C48H95N13O7. The largest absolute Gasteiger partial charge is 0.383 e. The molecule has 0 spiro atoms. The maximum atomic E-state index is 12.7. The van der Waals surface area contributed by atoms with Gasteiger partial charge in [-0.25, -0.2) is 0 Å². The van der Waals surface area contributed by atoms with Crippen molar-refractivity contribution in [2.24, 2.45) is 45.7 Å². The maximum Gasteiger partial charge on any atom is 0.240 e. The number of carbonyl (C=O) groups excluding carboxylic acids is 6. The summed E-state index contributed by atoms with van der Waals surface area (Å²) in [6, 6.07) is -1.74. The van der Waals surface area contributed by atoms with Crippen LogP contribution in [0, 0.1) is 11.3 Å². The Kier molecular flexibility index (Phi) is 31.7. The number of ether oxygens (including phenoxy) is 1. The van der Waals surface area contributed by atoms with Crippen LogP contribution in [0.3, 0.4) is 0 Å². The normalized spacial score (nSPS) is 19.3. The molecule has 394 valence electrons. The first-order valence-electron chi connectivity index (χ1n) is 26.1. The zero-order valence-corrected chi connectivity index (χ0v) is 41.8. The number of hydrogen-bond donors (Lipinski definition) is 12. The van der Waals surface area contributed by atoms with Crippen molar-refractivity contribution in [2.45, 2.75) is 171 Å². The zero-order chi connectivity index (χ0) is 50.0. The van der Waals surface area contributed by atoms with Crippen molar-refractivity contribution in [3.63, 3.8) is 0 Å². The number of hydrogen-bond acceptors (Lipinski definition) is 14. The third kappa shape index (κ3) is 23.9. The molecule has 18 N–H and O–H groups in total. The van der Waals surface area contributed by atoms with E-state index in [0.717, 1.165) is 135 Å². The summed E-state index contributed by atoms with van der Waals surface area (Å²) in [5.41, 5.74) is 35.0. The van der Waals surface area contributed by atoms with E-state index in [-0.39, 0.29) is 40.9 Å². The number of nitrogens with one attached hydrogen (secondary N) is 6. The lowest BCUT2D eigenvalue weighted by atomic mass is 9.93. The van der Waals surface area contributed by atoms with Gasteiger partial charge in [-0.1, -0.05) is 25.7 Å². The van der Waals surface area contributed by atoms with Crippen LogP contribution in [-0.4, -0.2) is 150 Å². The molecule has 0 aliphatic heterocycles. The van der Waals surface area contributed by atoms with Crippen LogP contribution < -0.4 is 66.3 Å². The molecule has 68 heavy (non-hydrogen) atoms. The highest BCUT2D eigenvalue weighted by Gasteiger charge is 2.89. The van der Waals surface area contributed by atoms with Crippen molar-refractivity contribution in [3.8, 4) is 0 Å². The highest BCUT2D eigenvalue weighted by molar-refractivity contribution is 5.94. The summed E-state index contributed by atoms with van der Waals surface area (Å²) < 4.78 is 5.28. The number of nitrogens with zero attached hydrogens (tertiary/aromatic N) is 1. The van der Waals surface area contributed by atoms with Gasteiger partial charge in [-0.2, -0.15) is 0 Å². The minimum atomic E-state index is -0.687.